The first-order valence-corrected chi connectivity index (χ1v) is 8.20. The van der Waals surface area contributed by atoms with E-state index in [0.29, 0.717) is 5.02 Å². The minimum absolute atomic E-state index is 0.283. The van der Waals surface area contributed by atoms with Crippen LogP contribution in [0, 0.1) is 0 Å². The van der Waals surface area contributed by atoms with E-state index in [0.717, 1.165) is 34.7 Å². The molecule has 0 aliphatic rings. The summed E-state index contributed by atoms with van der Waals surface area (Å²) < 4.78 is 0. The first-order chi connectivity index (χ1) is 10.1. The lowest BCUT2D eigenvalue weighted by molar-refractivity contribution is 0.753. The van der Waals surface area contributed by atoms with Gasteiger partial charge in [-0.25, -0.2) is 15.0 Å². The standard InChI is InChI=1S/C15H19ClN4S/c1-4-7-17-12-8-14(20-15(19-12)10(2)3)21-13-6-5-11(16)9-18-13/h5-6,8-10H,4,7H2,1-3H3,(H,17,19,20). The third-order valence-corrected chi connectivity index (χ3v) is 3.79. The zero-order valence-electron chi connectivity index (χ0n) is 12.4. The van der Waals surface area contributed by atoms with Gasteiger partial charge in [0.25, 0.3) is 0 Å². The van der Waals surface area contributed by atoms with E-state index in [1.807, 2.05) is 18.2 Å². The van der Waals surface area contributed by atoms with Crippen LogP contribution in [0.3, 0.4) is 0 Å². The van der Waals surface area contributed by atoms with Gasteiger partial charge in [-0.3, -0.25) is 0 Å². The molecule has 4 nitrogen and oxygen atoms in total. The Labute approximate surface area is 134 Å². The van der Waals surface area contributed by atoms with E-state index in [1.54, 1.807) is 6.20 Å². The molecule has 2 rings (SSSR count). The zero-order valence-corrected chi connectivity index (χ0v) is 14.0. The summed E-state index contributed by atoms with van der Waals surface area (Å²) in [6.07, 6.45) is 2.70. The average Bonchev–Trinajstić information content (AvgIpc) is 2.47. The number of nitrogens with zero attached hydrogens (tertiary/aromatic N) is 3. The van der Waals surface area contributed by atoms with Gasteiger partial charge in [-0.05, 0) is 30.3 Å². The van der Waals surface area contributed by atoms with Crippen LogP contribution in [0.2, 0.25) is 5.02 Å². The number of pyridine rings is 1. The molecule has 21 heavy (non-hydrogen) atoms. The Morgan fingerprint density at radius 2 is 2.05 bits per heavy atom. The summed E-state index contributed by atoms with van der Waals surface area (Å²) in [5.41, 5.74) is 0. The summed E-state index contributed by atoms with van der Waals surface area (Å²) in [6, 6.07) is 5.68. The normalized spacial score (nSPS) is 10.9. The van der Waals surface area contributed by atoms with Gasteiger partial charge in [0.05, 0.1) is 5.02 Å². The monoisotopic (exact) mass is 322 g/mol. The number of nitrogens with one attached hydrogen (secondary N) is 1. The Bertz CT molecular complexity index is 587. The van der Waals surface area contributed by atoms with E-state index in [9.17, 15) is 0 Å². The number of halogens is 1. The SMILES string of the molecule is CCCNc1cc(Sc2ccc(Cl)cn2)nc(C(C)C)n1. The second-order valence-corrected chi connectivity index (χ2v) is 6.42. The Hall–Kier alpha value is -1.33. The molecule has 0 fully saturated rings. The van der Waals surface area contributed by atoms with Gasteiger partial charge in [0.2, 0.25) is 0 Å². The van der Waals surface area contributed by atoms with Crippen LogP contribution in [0.15, 0.2) is 34.4 Å². The molecule has 6 heteroatoms. The molecule has 2 heterocycles. The third-order valence-electron chi connectivity index (χ3n) is 2.70. The summed E-state index contributed by atoms with van der Waals surface area (Å²) in [4.78, 5) is 13.4. The van der Waals surface area contributed by atoms with Crippen LogP contribution in [0.25, 0.3) is 0 Å². The van der Waals surface area contributed by atoms with Gasteiger partial charge in [-0.2, -0.15) is 0 Å². The van der Waals surface area contributed by atoms with Crippen LogP contribution in [-0.4, -0.2) is 21.5 Å². The summed E-state index contributed by atoms with van der Waals surface area (Å²) >= 11 is 7.37. The van der Waals surface area contributed by atoms with Crippen molar-refractivity contribution in [2.75, 3.05) is 11.9 Å². The van der Waals surface area contributed by atoms with Crippen LogP contribution < -0.4 is 5.32 Å². The van der Waals surface area contributed by atoms with Crippen molar-refractivity contribution >= 4 is 29.2 Å². The summed E-state index contributed by atoms with van der Waals surface area (Å²) in [5.74, 6) is 1.99. The molecule has 0 saturated heterocycles. The average molecular weight is 323 g/mol. The first kappa shape index (κ1) is 16.0. The van der Waals surface area contributed by atoms with Gasteiger partial charge in [0.1, 0.15) is 21.7 Å². The molecular formula is C15H19ClN4S. The molecule has 0 aromatic carbocycles. The highest BCUT2D eigenvalue weighted by Gasteiger charge is 2.09. The molecule has 0 bridgehead atoms. The molecule has 0 unspecified atom stereocenters. The van der Waals surface area contributed by atoms with Gasteiger partial charge < -0.3 is 5.32 Å². The van der Waals surface area contributed by atoms with Crippen molar-refractivity contribution in [2.45, 2.75) is 43.2 Å². The Balaban J connectivity index is 2.24. The minimum Gasteiger partial charge on any atom is -0.370 e. The van der Waals surface area contributed by atoms with Crippen LogP contribution in [0.5, 0.6) is 0 Å². The van der Waals surface area contributed by atoms with Crippen LogP contribution in [0.4, 0.5) is 5.82 Å². The summed E-state index contributed by atoms with van der Waals surface area (Å²) in [6.45, 7) is 7.21. The third kappa shape index (κ3) is 4.86. The highest BCUT2D eigenvalue weighted by molar-refractivity contribution is 7.99. The van der Waals surface area contributed by atoms with Gasteiger partial charge >= 0.3 is 0 Å². The summed E-state index contributed by atoms with van der Waals surface area (Å²) in [5, 5.41) is 5.71. The van der Waals surface area contributed by atoms with Crippen molar-refractivity contribution in [1.29, 1.82) is 0 Å². The maximum absolute atomic E-state index is 5.86. The predicted molar refractivity (Wildman–Crippen MR) is 88.3 cm³/mol. The topological polar surface area (TPSA) is 50.7 Å². The van der Waals surface area contributed by atoms with E-state index in [4.69, 9.17) is 11.6 Å². The quantitative estimate of drug-likeness (QED) is 0.786. The zero-order chi connectivity index (χ0) is 15.2. The number of anilines is 1. The van der Waals surface area contributed by atoms with Crippen molar-refractivity contribution in [1.82, 2.24) is 15.0 Å². The van der Waals surface area contributed by atoms with E-state index in [1.165, 1.54) is 11.8 Å². The molecule has 2 aromatic heterocycles. The molecule has 0 aliphatic heterocycles. The molecule has 0 saturated carbocycles. The molecule has 0 radical (unpaired) electrons. The largest absolute Gasteiger partial charge is 0.370 e. The summed E-state index contributed by atoms with van der Waals surface area (Å²) in [7, 11) is 0. The van der Waals surface area contributed by atoms with Crippen molar-refractivity contribution in [3.63, 3.8) is 0 Å². The lowest BCUT2D eigenvalue weighted by atomic mass is 10.2. The Morgan fingerprint density at radius 3 is 2.67 bits per heavy atom. The highest BCUT2D eigenvalue weighted by Crippen LogP contribution is 2.27. The van der Waals surface area contributed by atoms with Gasteiger partial charge in [-0.15, -0.1) is 0 Å². The number of hydrogen-bond acceptors (Lipinski definition) is 5. The highest BCUT2D eigenvalue weighted by atomic mass is 35.5. The molecule has 112 valence electrons. The van der Waals surface area contributed by atoms with Crippen molar-refractivity contribution < 1.29 is 0 Å². The Kier molecular flexibility index (Phi) is 5.82. The van der Waals surface area contributed by atoms with Crippen molar-refractivity contribution in [3.05, 3.63) is 35.2 Å². The van der Waals surface area contributed by atoms with E-state index in [2.05, 4.69) is 41.0 Å². The maximum Gasteiger partial charge on any atom is 0.134 e. The molecule has 1 N–H and O–H groups in total. The second-order valence-electron chi connectivity index (χ2n) is 4.95. The maximum atomic E-state index is 5.86. The smallest absolute Gasteiger partial charge is 0.134 e. The molecule has 0 atom stereocenters. The van der Waals surface area contributed by atoms with Crippen molar-refractivity contribution in [3.8, 4) is 0 Å². The molecule has 0 spiro atoms. The van der Waals surface area contributed by atoms with Gasteiger partial charge in [-0.1, -0.05) is 32.4 Å². The van der Waals surface area contributed by atoms with Crippen LogP contribution in [0.1, 0.15) is 38.9 Å². The number of aromatic nitrogens is 3. The predicted octanol–water partition coefficient (Wildman–Crippen LogP) is 4.62. The fourth-order valence-corrected chi connectivity index (χ4v) is 2.50. The van der Waals surface area contributed by atoms with Gasteiger partial charge in [0.15, 0.2) is 0 Å². The van der Waals surface area contributed by atoms with Crippen LogP contribution in [-0.2, 0) is 0 Å². The van der Waals surface area contributed by atoms with Gasteiger partial charge in [0, 0.05) is 24.7 Å². The fraction of sp³-hybridized carbons (Fsp3) is 0.400. The number of hydrogen-bond donors (Lipinski definition) is 1. The molecular weight excluding hydrogens is 304 g/mol. The first-order valence-electron chi connectivity index (χ1n) is 7.00. The van der Waals surface area contributed by atoms with E-state index in [-0.39, 0.29) is 5.92 Å². The molecule has 0 aliphatic carbocycles. The molecule has 2 aromatic rings. The fourth-order valence-electron chi connectivity index (χ4n) is 1.63. The Morgan fingerprint density at radius 1 is 1.24 bits per heavy atom. The van der Waals surface area contributed by atoms with Crippen LogP contribution >= 0.6 is 23.4 Å². The van der Waals surface area contributed by atoms with E-state index < -0.39 is 0 Å². The lowest BCUT2D eigenvalue weighted by Gasteiger charge is -2.11. The lowest BCUT2D eigenvalue weighted by Crippen LogP contribution is -2.06. The van der Waals surface area contributed by atoms with Crippen molar-refractivity contribution in [2.24, 2.45) is 0 Å². The minimum atomic E-state index is 0.283. The second kappa shape index (κ2) is 7.61. The molecule has 0 amide bonds. The van der Waals surface area contributed by atoms with E-state index >= 15 is 0 Å². The number of rotatable bonds is 6.